The summed E-state index contributed by atoms with van der Waals surface area (Å²) in [6, 6.07) is 12.9. The highest BCUT2D eigenvalue weighted by molar-refractivity contribution is 5.92. The molecule has 5 N–H and O–H groups in total. The summed E-state index contributed by atoms with van der Waals surface area (Å²) in [6.07, 6.45) is -0.758. The van der Waals surface area contributed by atoms with Crippen LogP contribution in [0, 0.1) is 0 Å². The molecule has 2 rings (SSSR count). The van der Waals surface area contributed by atoms with Crippen LogP contribution in [-0.2, 0) is 32.1 Å². The number of carboxylic acids is 1. The second kappa shape index (κ2) is 11.9. The van der Waals surface area contributed by atoms with Gasteiger partial charge in [0, 0.05) is 6.42 Å². The molecule has 3 amide bonds. The van der Waals surface area contributed by atoms with Gasteiger partial charge in [-0.3, -0.25) is 14.4 Å². The van der Waals surface area contributed by atoms with Gasteiger partial charge in [-0.1, -0.05) is 42.5 Å². The first-order valence-corrected chi connectivity index (χ1v) is 9.79. The first-order valence-electron chi connectivity index (χ1n) is 9.79. The Morgan fingerprint density at radius 1 is 0.906 bits per heavy atom. The average molecular weight is 443 g/mol. The number of amides is 3. The third-order valence-corrected chi connectivity index (χ3v) is 4.36. The fraction of sp³-hybridized carbons (Fsp3) is 0.273. The molecule has 2 aromatic carbocycles. The third kappa shape index (κ3) is 8.34. The summed E-state index contributed by atoms with van der Waals surface area (Å²) in [7, 11) is 0. The number of carbonyl (C=O) groups is 4. The molecule has 2 aromatic rings. The van der Waals surface area contributed by atoms with Gasteiger partial charge in [-0.25, -0.2) is 4.79 Å². The van der Waals surface area contributed by atoms with Crippen LogP contribution in [0.3, 0.4) is 0 Å². The zero-order valence-corrected chi connectivity index (χ0v) is 17.4. The molecule has 32 heavy (non-hydrogen) atoms. The van der Waals surface area contributed by atoms with Crippen molar-refractivity contribution in [2.24, 2.45) is 0 Å². The number of rotatable bonds is 10. The number of ether oxygens (including phenoxy) is 1. The molecule has 0 heterocycles. The van der Waals surface area contributed by atoms with E-state index in [-0.39, 0.29) is 18.8 Å². The zero-order chi connectivity index (χ0) is 23.5. The lowest BCUT2D eigenvalue weighted by molar-refractivity contribution is -0.138. The summed E-state index contributed by atoms with van der Waals surface area (Å²) in [4.78, 5) is 47.6. The number of aromatic hydroxyl groups is 1. The number of phenols is 1. The number of nitrogens with one attached hydrogen (secondary N) is 3. The van der Waals surface area contributed by atoms with Gasteiger partial charge in [-0.2, -0.15) is 0 Å². The maximum Gasteiger partial charge on any atom is 0.408 e. The minimum Gasteiger partial charge on any atom is -0.508 e. The Labute approximate surface area is 184 Å². The molecule has 0 aliphatic rings. The van der Waals surface area contributed by atoms with Crippen LogP contribution in [0.4, 0.5) is 4.79 Å². The average Bonchev–Trinajstić information content (AvgIpc) is 2.77. The molecule has 0 aliphatic carbocycles. The number of carbonyl (C=O) groups excluding carboxylic acids is 3. The van der Waals surface area contributed by atoms with Crippen molar-refractivity contribution < 1.29 is 34.1 Å². The Morgan fingerprint density at radius 2 is 1.56 bits per heavy atom. The van der Waals surface area contributed by atoms with Crippen molar-refractivity contribution in [3.05, 3.63) is 65.7 Å². The third-order valence-electron chi connectivity index (χ3n) is 4.36. The molecule has 0 fully saturated rings. The van der Waals surface area contributed by atoms with Gasteiger partial charge in [0.15, 0.2) is 0 Å². The maximum absolute atomic E-state index is 12.8. The number of alkyl carbamates (subject to hydrolysis) is 1. The predicted molar refractivity (Wildman–Crippen MR) is 114 cm³/mol. The van der Waals surface area contributed by atoms with Crippen LogP contribution in [0.25, 0.3) is 0 Å². The van der Waals surface area contributed by atoms with Crippen molar-refractivity contribution in [3.8, 4) is 5.75 Å². The smallest absolute Gasteiger partial charge is 0.408 e. The van der Waals surface area contributed by atoms with Crippen LogP contribution in [0.2, 0.25) is 0 Å². The van der Waals surface area contributed by atoms with Gasteiger partial charge in [0.1, 0.15) is 31.0 Å². The van der Waals surface area contributed by atoms with Crippen molar-refractivity contribution in [2.75, 3.05) is 6.54 Å². The van der Waals surface area contributed by atoms with Crippen LogP contribution in [0.15, 0.2) is 54.6 Å². The van der Waals surface area contributed by atoms with E-state index in [1.54, 1.807) is 36.4 Å². The van der Waals surface area contributed by atoms with Crippen LogP contribution in [0.5, 0.6) is 5.75 Å². The van der Waals surface area contributed by atoms with E-state index in [2.05, 4.69) is 16.0 Å². The fourth-order valence-electron chi connectivity index (χ4n) is 2.68. The first-order chi connectivity index (χ1) is 15.2. The molecule has 10 heteroatoms. The Kier molecular flexibility index (Phi) is 9.03. The zero-order valence-electron chi connectivity index (χ0n) is 17.4. The van der Waals surface area contributed by atoms with Crippen molar-refractivity contribution in [1.82, 2.24) is 16.0 Å². The lowest BCUT2D eigenvalue weighted by Crippen LogP contribution is -2.53. The lowest BCUT2D eigenvalue weighted by Gasteiger charge is -2.21. The van der Waals surface area contributed by atoms with Gasteiger partial charge in [0.05, 0.1) is 0 Å². The van der Waals surface area contributed by atoms with Gasteiger partial charge < -0.3 is 30.9 Å². The number of carboxylic acid groups (broad SMARTS) is 1. The lowest BCUT2D eigenvalue weighted by atomic mass is 10.0. The first kappa shape index (κ1) is 24.2. The Balaban J connectivity index is 2.02. The Bertz CT molecular complexity index is 932. The van der Waals surface area contributed by atoms with E-state index in [0.29, 0.717) is 5.56 Å². The van der Waals surface area contributed by atoms with Crippen LogP contribution in [-0.4, -0.2) is 52.7 Å². The molecule has 10 nitrogen and oxygen atoms in total. The van der Waals surface area contributed by atoms with Gasteiger partial charge in [-0.15, -0.1) is 0 Å². The second-order valence-electron chi connectivity index (χ2n) is 6.97. The van der Waals surface area contributed by atoms with Crippen molar-refractivity contribution in [3.63, 3.8) is 0 Å². The molecule has 0 bridgehead atoms. The van der Waals surface area contributed by atoms with Crippen LogP contribution in [0.1, 0.15) is 18.1 Å². The predicted octanol–water partition coefficient (Wildman–Crippen LogP) is 0.935. The quantitative estimate of drug-likeness (QED) is 0.366. The SMILES string of the molecule is C[C@@H](NC(=O)[C@H](Cc1ccc(O)cc1)NC(=O)OCc1ccccc1)C(=O)NCC(=O)O. The van der Waals surface area contributed by atoms with E-state index in [1.165, 1.54) is 19.1 Å². The largest absolute Gasteiger partial charge is 0.508 e. The van der Waals surface area contributed by atoms with Crippen molar-refractivity contribution >= 4 is 23.9 Å². The summed E-state index contributed by atoms with van der Waals surface area (Å²) >= 11 is 0. The Hall–Kier alpha value is -4.08. The molecular formula is C22H25N3O7. The van der Waals surface area contributed by atoms with Gasteiger partial charge >= 0.3 is 12.1 Å². The highest BCUT2D eigenvalue weighted by Crippen LogP contribution is 2.12. The normalized spacial score (nSPS) is 12.2. The van der Waals surface area contributed by atoms with E-state index in [1.807, 2.05) is 6.07 Å². The van der Waals surface area contributed by atoms with Crippen molar-refractivity contribution in [1.29, 1.82) is 0 Å². The van der Waals surface area contributed by atoms with Gasteiger partial charge in [0.25, 0.3) is 0 Å². The molecule has 0 radical (unpaired) electrons. The monoisotopic (exact) mass is 443 g/mol. The van der Waals surface area contributed by atoms with Crippen LogP contribution >= 0.6 is 0 Å². The molecule has 0 aromatic heterocycles. The number of hydrogen-bond donors (Lipinski definition) is 5. The minimum atomic E-state index is -1.22. The molecule has 0 spiro atoms. The molecule has 0 aliphatic heterocycles. The van der Waals surface area contributed by atoms with Crippen LogP contribution < -0.4 is 16.0 Å². The summed E-state index contributed by atoms with van der Waals surface area (Å²) in [5, 5.41) is 25.2. The topological polar surface area (TPSA) is 154 Å². The Morgan fingerprint density at radius 3 is 2.19 bits per heavy atom. The highest BCUT2D eigenvalue weighted by atomic mass is 16.5. The number of aliphatic carboxylic acids is 1. The standard InChI is InChI=1S/C22H25N3O7/c1-14(20(29)23-12-19(27)28)24-21(30)18(11-15-7-9-17(26)10-8-15)25-22(31)32-13-16-5-3-2-4-6-16/h2-10,14,18,26H,11-13H2,1H3,(H,23,29)(H,24,30)(H,25,31)(H,27,28)/t14-,18+/m1/s1. The summed E-state index contributed by atoms with van der Waals surface area (Å²) in [6.45, 7) is 0.814. The van der Waals surface area contributed by atoms with Gasteiger partial charge in [-0.05, 0) is 30.2 Å². The second-order valence-corrected chi connectivity index (χ2v) is 6.97. The molecule has 170 valence electrons. The van der Waals surface area contributed by atoms with Gasteiger partial charge in [0.2, 0.25) is 11.8 Å². The number of benzene rings is 2. The molecule has 0 saturated carbocycles. The number of phenolic OH excluding ortho intramolecular Hbond substituents is 1. The van der Waals surface area contributed by atoms with E-state index < -0.39 is 42.5 Å². The molecular weight excluding hydrogens is 418 g/mol. The molecule has 2 atom stereocenters. The summed E-state index contributed by atoms with van der Waals surface area (Å²) < 4.78 is 5.17. The summed E-state index contributed by atoms with van der Waals surface area (Å²) in [5.74, 6) is -2.51. The van der Waals surface area contributed by atoms with E-state index in [4.69, 9.17) is 9.84 Å². The maximum atomic E-state index is 12.8. The molecule has 0 saturated heterocycles. The highest BCUT2D eigenvalue weighted by Gasteiger charge is 2.25. The van der Waals surface area contributed by atoms with E-state index in [0.717, 1.165) is 5.56 Å². The summed E-state index contributed by atoms with van der Waals surface area (Å²) in [5.41, 5.74) is 1.42. The van der Waals surface area contributed by atoms with E-state index >= 15 is 0 Å². The number of hydrogen-bond acceptors (Lipinski definition) is 6. The molecule has 0 unspecified atom stereocenters. The minimum absolute atomic E-state index is 0.00815. The van der Waals surface area contributed by atoms with Crippen molar-refractivity contribution in [2.45, 2.75) is 32.0 Å². The fourth-order valence-corrected chi connectivity index (χ4v) is 2.68. The van der Waals surface area contributed by atoms with E-state index in [9.17, 15) is 24.3 Å².